The molecule has 18 heavy (non-hydrogen) atoms. The Morgan fingerprint density at radius 1 is 0.944 bits per heavy atom. The molecule has 0 aliphatic carbocycles. The van der Waals surface area contributed by atoms with E-state index in [1.807, 2.05) is 52.1 Å². The van der Waals surface area contributed by atoms with Crippen LogP contribution in [0.15, 0.2) is 53.0 Å². The first-order chi connectivity index (χ1) is 8.68. The summed E-state index contributed by atoms with van der Waals surface area (Å²) in [5, 5.41) is 11.2. The van der Waals surface area contributed by atoms with Gasteiger partial charge >= 0.3 is 0 Å². The number of aromatic nitrogens is 1. The summed E-state index contributed by atoms with van der Waals surface area (Å²) in [5.74, 6) is 0.296. The summed E-state index contributed by atoms with van der Waals surface area (Å²) in [7, 11) is 0. The summed E-state index contributed by atoms with van der Waals surface area (Å²) in [6, 6.07) is 15.6. The smallest absolute Gasteiger partial charge is 0.150 e. The molecule has 1 N–H and O–H groups in total. The zero-order valence-electron chi connectivity index (χ0n) is 9.27. The Kier molecular flexibility index (Phi) is 2.92. The number of hydrogen-bond acceptors (Lipinski definition) is 1. The van der Waals surface area contributed by atoms with Gasteiger partial charge in [-0.15, -0.1) is 0 Å². The predicted octanol–water partition coefficient (Wildman–Crippen LogP) is 4.93. The molecule has 4 heteroatoms. The van der Waals surface area contributed by atoms with E-state index >= 15 is 0 Å². The van der Waals surface area contributed by atoms with Crippen LogP contribution < -0.4 is 0 Å². The van der Waals surface area contributed by atoms with Gasteiger partial charge in [0, 0.05) is 15.4 Å². The van der Waals surface area contributed by atoms with Gasteiger partial charge < -0.3 is 5.11 Å². The Morgan fingerprint density at radius 2 is 1.61 bits per heavy atom. The van der Waals surface area contributed by atoms with Crippen molar-refractivity contribution in [1.82, 2.24) is 3.59 Å². The Hall–Kier alpha value is -1.26. The topological polar surface area (TPSA) is 25.2 Å². The molecule has 1 aromatic heterocycles. The number of nitrogens with zero attached hydrogens (tertiary/aromatic N) is 1. The van der Waals surface area contributed by atoms with Gasteiger partial charge in [0.1, 0.15) is 11.4 Å². The van der Waals surface area contributed by atoms with Crippen LogP contribution in [0, 0.1) is 0 Å². The average molecular weight is 367 g/mol. The summed E-state index contributed by atoms with van der Waals surface area (Å²) in [6.07, 6.45) is 0. The van der Waals surface area contributed by atoms with Crippen LogP contribution in [0.4, 0.5) is 0 Å². The zero-order valence-corrected chi connectivity index (χ0v) is 12.4. The predicted molar refractivity (Wildman–Crippen MR) is 81.1 cm³/mol. The highest BCUT2D eigenvalue weighted by Crippen LogP contribution is 2.40. The normalized spacial score (nSPS) is 11.0. The molecule has 0 atom stereocenters. The number of para-hydroxylation sites is 1. The third-order valence-corrected chi connectivity index (χ3v) is 4.17. The van der Waals surface area contributed by atoms with Crippen molar-refractivity contribution >= 4 is 43.0 Å². The molecule has 1 heterocycles. The van der Waals surface area contributed by atoms with E-state index in [2.05, 4.69) is 32.1 Å². The van der Waals surface area contributed by atoms with Gasteiger partial charge in [-0.25, -0.2) is 0 Å². The van der Waals surface area contributed by atoms with Crippen molar-refractivity contribution in [3.05, 3.63) is 53.0 Å². The minimum atomic E-state index is 0.296. The van der Waals surface area contributed by atoms with Gasteiger partial charge in [-0.3, -0.25) is 3.59 Å². The van der Waals surface area contributed by atoms with E-state index in [1.165, 1.54) is 0 Å². The fourth-order valence-electron chi connectivity index (χ4n) is 2.04. The standard InChI is InChI=1S/C14H9Br2NO/c15-10-7-5-9(6-8-10)13-14(18)11-3-1-2-4-12(11)17(13)16/h1-8,18H. The molecule has 0 radical (unpaired) electrons. The van der Waals surface area contributed by atoms with Crippen LogP contribution >= 0.6 is 32.1 Å². The molecule has 2 aromatic carbocycles. The van der Waals surface area contributed by atoms with Gasteiger partial charge in [0.2, 0.25) is 0 Å². The van der Waals surface area contributed by atoms with Crippen LogP contribution in [0.3, 0.4) is 0 Å². The maximum absolute atomic E-state index is 10.3. The van der Waals surface area contributed by atoms with Crippen molar-refractivity contribution in [3.8, 4) is 17.0 Å². The quantitative estimate of drug-likeness (QED) is 0.648. The molecule has 0 fully saturated rings. The number of aromatic hydroxyl groups is 1. The first-order valence-corrected chi connectivity index (χ1v) is 6.93. The number of fused-ring (bicyclic) bond motifs is 1. The molecule has 3 rings (SSSR count). The molecule has 0 saturated carbocycles. The first-order valence-electron chi connectivity index (χ1n) is 5.43. The minimum absolute atomic E-state index is 0.296. The van der Waals surface area contributed by atoms with E-state index in [9.17, 15) is 5.11 Å². The van der Waals surface area contributed by atoms with E-state index in [0.29, 0.717) is 5.75 Å². The molecule has 3 aromatic rings. The number of rotatable bonds is 1. The van der Waals surface area contributed by atoms with E-state index in [1.54, 1.807) is 0 Å². The summed E-state index contributed by atoms with van der Waals surface area (Å²) in [4.78, 5) is 0. The molecule has 0 amide bonds. The fraction of sp³-hybridized carbons (Fsp3) is 0. The lowest BCUT2D eigenvalue weighted by molar-refractivity contribution is 0.483. The second-order valence-corrected chi connectivity index (χ2v) is 5.63. The minimum Gasteiger partial charge on any atom is -0.505 e. The van der Waals surface area contributed by atoms with Crippen molar-refractivity contribution in [2.24, 2.45) is 0 Å². The van der Waals surface area contributed by atoms with Crippen molar-refractivity contribution in [1.29, 1.82) is 0 Å². The van der Waals surface area contributed by atoms with Crippen LogP contribution in [-0.2, 0) is 0 Å². The second kappa shape index (κ2) is 4.44. The second-order valence-electron chi connectivity index (χ2n) is 4.00. The molecule has 0 aliphatic rings. The number of halogens is 2. The Morgan fingerprint density at radius 3 is 2.28 bits per heavy atom. The van der Waals surface area contributed by atoms with Crippen molar-refractivity contribution in [2.75, 3.05) is 0 Å². The molecule has 0 aliphatic heterocycles. The molecule has 0 unspecified atom stereocenters. The van der Waals surface area contributed by atoms with Crippen LogP contribution in [-0.4, -0.2) is 8.70 Å². The molecule has 0 saturated heterocycles. The van der Waals surface area contributed by atoms with Gasteiger partial charge in [0.15, 0.2) is 0 Å². The molecular formula is C14H9Br2NO. The van der Waals surface area contributed by atoms with E-state index in [4.69, 9.17) is 0 Å². The van der Waals surface area contributed by atoms with Crippen LogP contribution in [0.5, 0.6) is 5.75 Å². The van der Waals surface area contributed by atoms with Gasteiger partial charge in [-0.05, 0) is 24.3 Å². The summed E-state index contributed by atoms with van der Waals surface area (Å²) in [5.41, 5.74) is 2.68. The summed E-state index contributed by atoms with van der Waals surface area (Å²) >= 11 is 6.91. The van der Waals surface area contributed by atoms with Crippen molar-refractivity contribution in [3.63, 3.8) is 0 Å². The number of hydrogen-bond donors (Lipinski definition) is 1. The van der Waals surface area contributed by atoms with Gasteiger partial charge in [0.25, 0.3) is 0 Å². The molecule has 2 nitrogen and oxygen atoms in total. The zero-order chi connectivity index (χ0) is 12.7. The maximum atomic E-state index is 10.3. The lowest BCUT2D eigenvalue weighted by Crippen LogP contribution is -1.84. The largest absolute Gasteiger partial charge is 0.505 e. The third-order valence-electron chi connectivity index (χ3n) is 2.91. The van der Waals surface area contributed by atoms with Crippen molar-refractivity contribution in [2.45, 2.75) is 0 Å². The lowest BCUT2D eigenvalue weighted by atomic mass is 10.1. The fourth-order valence-corrected chi connectivity index (χ4v) is 2.99. The van der Waals surface area contributed by atoms with Gasteiger partial charge in [0.05, 0.1) is 21.7 Å². The monoisotopic (exact) mass is 365 g/mol. The Labute approximate surface area is 121 Å². The van der Waals surface area contributed by atoms with Gasteiger partial charge in [-0.2, -0.15) is 0 Å². The number of benzene rings is 2. The molecular weight excluding hydrogens is 358 g/mol. The highest BCUT2D eigenvalue weighted by atomic mass is 79.9. The van der Waals surface area contributed by atoms with E-state index in [-0.39, 0.29) is 0 Å². The molecule has 0 spiro atoms. The molecule has 90 valence electrons. The molecule has 0 bridgehead atoms. The average Bonchev–Trinajstić information content (AvgIpc) is 2.64. The van der Waals surface area contributed by atoms with Gasteiger partial charge in [-0.1, -0.05) is 40.2 Å². The van der Waals surface area contributed by atoms with Crippen molar-refractivity contribution < 1.29 is 5.11 Å². The van der Waals surface area contributed by atoms with E-state index in [0.717, 1.165) is 26.6 Å². The first kappa shape index (κ1) is 11.8. The van der Waals surface area contributed by atoms with Crippen LogP contribution in [0.1, 0.15) is 0 Å². The highest BCUT2D eigenvalue weighted by molar-refractivity contribution is 9.10. The Bertz CT molecular complexity index is 677. The highest BCUT2D eigenvalue weighted by Gasteiger charge is 2.16. The SMILES string of the molecule is Oc1c(-c2ccc(Br)cc2)n(Br)c2ccccc12. The summed E-state index contributed by atoms with van der Waals surface area (Å²) in [6.45, 7) is 0. The summed E-state index contributed by atoms with van der Waals surface area (Å²) < 4.78 is 2.85. The van der Waals surface area contributed by atoms with E-state index < -0.39 is 0 Å². The van der Waals surface area contributed by atoms with Crippen LogP contribution in [0.2, 0.25) is 0 Å². The van der Waals surface area contributed by atoms with Crippen LogP contribution in [0.25, 0.3) is 22.2 Å². The lowest BCUT2D eigenvalue weighted by Gasteiger charge is -2.03. The maximum Gasteiger partial charge on any atom is 0.150 e. The third kappa shape index (κ3) is 1.76. The Balaban J connectivity index is 2.32.